The lowest BCUT2D eigenvalue weighted by Gasteiger charge is -2.29. The van der Waals surface area contributed by atoms with Gasteiger partial charge in [0.15, 0.2) is 0 Å². The van der Waals surface area contributed by atoms with Crippen LogP contribution in [0.1, 0.15) is 59.0 Å². The number of hydrogen-bond donors (Lipinski definition) is 1. The lowest BCUT2D eigenvalue weighted by atomic mass is 10.0. The average Bonchev–Trinajstić information content (AvgIpc) is 3.36. The highest BCUT2D eigenvalue weighted by atomic mass is 32.1. The number of ether oxygens (including phenoxy) is 1. The highest BCUT2D eigenvalue weighted by Gasteiger charge is 2.40. The number of carbonyl (C=O) groups is 3. The van der Waals surface area contributed by atoms with Gasteiger partial charge >= 0.3 is 6.09 Å². The summed E-state index contributed by atoms with van der Waals surface area (Å²) in [5.74, 6) is 0.280. The highest BCUT2D eigenvalue weighted by molar-refractivity contribution is 7.10. The lowest BCUT2D eigenvalue weighted by molar-refractivity contribution is -0.135. The van der Waals surface area contributed by atoms with Crippen LogP contribution in [0.25, 0.3) is 0 Å². The summed E-state index contributed by atoms with van der Waals surface area (Å²) in [5.41, 5.74) is 3.44. The quantitative estimate of drug-likeness (QED) is 0.631. The van der Waals surface area contributed by atoms with E-state index in [-0.39, 0.29) is 24.3 Å². The van der Waals surface area contributed by atoms with Gasteiger partial charge in [-0.1, -0.05) is 13.0 Å². The molecule has 8 nitrogen and oxygen atoms in total. The first-order valence-electron chi connectivity index (χ1n) is 13.8. The molecule has 3 aliphatic rings. The minimum atomic E-state index is -0.465. The number of amides is 3. The Kier molecular flexibility index (Phi) is 8.33. The van der Waals surface area contributed by atoms with Gasteiger partial charge in [-0.25, -0.2) is 4.79 Å². The molecular formula is C29H38N4O4S. The van der Waals surface area contributed by atoms with Gasteiger partial charge in [0.1, 0.15) is 12.6 Å². The van der Waals surface area contributed by atoms with Gasteiger partial charge in [-0.05, 0) is 86.2 Å². The molecule has 2 fully saturated rings. The molecule has 2 saturated heterocycles. The van der Waals surface area contributed by atoms with Crippen molar-refractivity contribution in [2.24, 2.45) is 5.92 Å². The monoisotopic (exact) mass is 538 g/mol. The number of thiophene rings is 1. The lowest BCUT2D eigenvalue weighted by Crippen LogP contribution is -2.48. The number of anilines is 1. The van der Waals surface area contributed by atoms with Crippen molar-refractivity contribution in [2.75, 3.05) is 44.2 Å². The van der Waals surface area contributed by atoms with Crippen molar-refractivity contribution in [1.29, 1.82) is 0 Å². The Balaban J connectivity index is 1.22. The molecule has 2 atom stereocenters. The van der Waals surface area contributed by atoms with Crippen molar-refractivity contribution in [2.45, 2.75) is 58.6 Å². The Morgan fingerprint density at radius 1 is 1.08 bits per heavy atom. The van der Waals surface area contributed by atoms with Gasteiger partial charge in [0.05, 0.1) is 5.69 Å². The van der Waals surface area contributed by atoms with Gasteiger partial charge in [0, 0.05) is 43.2 Å². The second-order valence-electron chi connectivity index (χ2n) is 10.8. The average molecular weight is 539 g/mol. The molecule has 1 N–H and O–H groups in total. The van der Waals surface area contributed by atoms with E-state index in [1.165, 1.54) is 4.88 Å². The van der Waals surface area contributed by atoms with E-state index >= 15 is 0 Å². The van der Waals surface area contributed by atoms with Crippen molar-refractivity contribution in [3.63, 3.8) is 0 Å². The van der Waals surface area contributed by atoms with Crippen molar-refractivity contribution in [3.05, 3.63) is 51.2 Å². The third-order valence-electron chi connectivity index (χ3n) is 7.92. The molecule has 3 amide bonds. The molecule has 1 aromatic carbocycles. The van der Waals surface area contributed by atoms with Crippen molar-refractivity contribution < 1.29 is 19.1 Å². The minimum Gasteiger partial charge on any atom is -0.445 e. The van der Waals surface area contributed by atoms with Crippen LogP contribution in [0.15, 0.2) is 29.6 Å². The van der Waals surface area contributed by atoms with Gasteiger partial charge in [-0.3, -0.25) is 14.5 Å². The molecule has 1 aromatic heterocycles. The number of likely N-dealkylation sites (tertiary alicyclic amines) is 1. The van der Waals surface area contributed by atoms with E-state index in [1.807, 2.05) is 41.0 Å². The maximum atomic E-state index is 13.4. The standard InChI is InChI=1S/C29H38N4O4S/c1-20-16-25(28(35)31-12-5-10-30-11-14-31)33(18-20)29(36)37-19-23-8-7-22(17-21(23)2)27(34)32-13-4-3-6-26-24(32)9-15-38-26/h7-9,15,17,20,25,30H,3-6,10-14,16,18-19H2,1-2H3/t20?,25-/m0/s1. The summed E-state index contributed by atoms with van der Waals surface area (Å²) in [6.07, 6.45) is 4.25. The highest BCUT2D eigenvalue weighted by Crippen LogP contribution is 2.32. The molecule has 5 rings (SSSR count). The number of carbonyl (C=O) groups excluding carboxylic acids is 3. The summed E-state index contributed by atoms with van der Waals surface area (Å²) >= 11 is 1.72. The summed E-state index contributed by atoms with van der Waals surface area (Å²) in [5, 5.41) is 5.38. The minimum absolute atomic E-state index is 0.00863. The molecule has 0 spiro atoms. The molecule has 0 saturated carbocycles. The van der Waals surface area contributed by atoms with E-state index in [1.54, 1.807) is 16.2 Å². The number of aryl methyl sites for hydroxylation is 2. The maximum absolute atomic E-state index is 13.4. The maximum Gasteiger partial charge on any atom is 0.410 e. The van der Waals surface area contributed by atoms with Crippen LogP contribution < -0.4 is 10.2 Å². The van der Waals surface area contributed by atoms with E-state index in [9.17, 15) is 14.4 Å². The van der Waals surface area contributed by atoms with Crippen LogP contribution in [0, 0.1) is 12.8 Å². The number of nitrogens with zero attached hydrogens (tertiary/aromatic N) is 3. The van der Waals surface area contributed by atoms with Crippen LogP contribution in [0.3, 0.4) is 0 Å². The molecule has 0 bridgehead atoms. The predicted molar refractivity (Wildman–Crippen MR) is 149 cm³/mol. The zero-order valence-corrected chi connectivity index (χ0v) is 23.2. The first kappa shape index (κ1) is 26.7. The number of benzene rings is 1. The Morgan fingerprint density at radius 3 is 2.79 bits per heavy atom. The zero-order valence-electron chi connectivity index (χ0n) is 22.4. The third-order valence-corrected chi connectivity index (χ3v) is 8.89. The topological polar surface area (TPSA) is 82.2 Å². The van der Waals surface area contributed by atoms with E-state index in [4.69, 9.17) is 4.74 Å². The molecule has 9 heteroatoms. The summed E-state index contributed by atoms with van der Waals surface area (Å²) < 4.78 is 5.71. The van der Waals surface area contributed by atoms with Crippen LogP contribution in [-0.2, 0) is 22.6 Å². The first-order valence-corrected chi connectivity index (χ1v) is 14.7. The molecule has 2 aromatic rings. The van der Waals surface area contributed by atoms with Gasteiger partial charge in [-0.15, -0.1) is 11.3 Å². The SMILES string of the molecule is Cc1cc(C(=O)N2CCCCc3sccc32)ccc1COC(=O)N1CC(C)C[C@H]1C(=O)N1CCCNCC1. The summed E-state index contributed by atoms with van der Waals surface area (Å²) in [4.78, 5) is 46.4. The Labute approximate surface area is 228 Å². The first-order chi connectivity index (χ1) is 18.4. The zero-order chi connectivity index (χ0) is 26.6. The largest absolute Gasteiger partial charge is 0.445 e. The van der Waals surface area contributed by atoms with Crippen molar-refractivity contribution >= 4 is 34.9 Å². The van der Waals surface area contributed by atoms with E-state index in [2.05, 4.69) is 17.6 Å². The summed E-state index contributed by atoms with van der Waals surface area (Å²) in [6, 6.07) is 7.17. The number of fused-ring (bicyclic) bond motifs is 1. The Bertz CT molecular complexity index is 1170. The van der Waals surface area contributed by atoms with E-state index in [0.717, 1.165) is 68.7 Å². The van der Waals surface area contributed by atoms with Crippen LogP contribution in [0.5, 0.6) is 0 Å². The molecule has 1 unspecified atom stereocenters. The van der Waals surface area contributed by atoms with Gasteiger partial charge < -0.3 is 19.9 Å². The Hall–Kier alpha value is -2.91. The summed E-state index contributed by atoms with van der Waals surface area (Å²) in [6.45, 7) is 8.44. The van der Waals surface area contributed by atoms with E-state index in [0.29, 0.717) is 25.1 Å². The normalized spacial score (nSPS) is 22.0. The van der Waals surface area contributed by atoms with Gasteiger partial charge in [0.25, 0.3) is 5.91 Å². The van der Waals surface area contributed by atoms with Crippen molar-refractivity contribution in [3.8, 4) is 0 Å². The number of hydrogen-bond acceptors (Lipinski definition) is 6. The fraction of sp³-hybridized carbons (Fsp3) is 0.552. The number of rotatable bonds is 4. The molecule has 0 aliphatic carbocycles. The van der Waals surface area contributed by atoms with Gasteiger partial charge in [0.2, 0.25) is 5.91 Å². The molecule has 0 radical (unpaired) electrons. The van der Waals surface area contributed by atoms with Crippen molar-refractivity contribution in [1.82, 2.24) is 15.1 Å². The third kappa shape index (κ3) is 5.73. The van der Waals surface area contributed by atoms with E-state index < -0.39 is 12.1 Å². The number of nitrogens with one attached hydrogen (secondary N) is 1. The molecular weight excluding hydrogens is 500 g/mol. The molecule has 38 heavy (non-hydrogen) atoms. The Morgan fingerprint density at radius 2 is 1.95 bits per heavy atom. The molecule has 4 heterocycles. The second-order valence-corrected chi connectivity index (χ2v) is 11.8. The predicted octanol–water partition coefficient (Wildman–Crippen LogP) is 4.21. The van der Waals surface area contributed by atoms with Crippen LogP contribution in [-0.4, -0.2) is 73.0 Å². The van der Waals surface area contributed by atoms with Gasteiger partial charge in [-0.2, -0.15) is 0 Å². The molecule has 204 valence electrons. The smallest absolute Gasteiger partial charge is 0.410 e. The van der Waals surface area contributed by atoms with Crippen LogP contribution >= 0.6 is 11.3 Å². The van der Waals surface area contributed by atoms with Crippen LogP contribution in [0.2, 0.25) is 0 Å². The van der Waals surface area contributed by atoms with Crippen LogP contribution in [0.4, 0.5) is 10.5 Å². The molecule has 3 aliphatic heterocycles. The summed E-state index contributed by atoms with van der Waals surface area (Å²) in [7, 11) is 0. The fourth-order valence-corrected chi connectivity index (χ4v) is 6.70. The second kappa shape index (κ2) is 11.9. The fourth-order valence-electron chi connectivity index (χ4n) is 5.78.